The smallest absolute Gasteiger partial charge is 0.465 e. The van der Waals surface area contributed by atoms with Crippen LogP contribution in [-0.2, 0) is 11.3 Å². The van der Waals surface area contributed by atoms with E-state index in [-0.39, 0.29) is 23.6 Å². The Hall–Kier alpha value is -4.29. The second kappa shape index (κ2) is 10.6. The molecule has 0 saturated carbocycles. The molecule has 1 spiro atoms. The van der Waals surface area contributed by atoms with Gasteiger partial charge < -0.3 is 14.9 Å². The first kappa shape index (κ1) is 26.8. The van der Waals surface area contributed by atoms with Crippen molar-refractivity contribution in [1.29, 1.82) is 0 Å². The summed E-state index contributed by atoms with van der Waals surface area (Å²) in [5, 5.41) is 9.13. The molecule has 2 fully saturated rings. The van der Waals surface area contributed by atoms with E-state index in [1.807, 2.05) is 6.07 Å². The SMILES string of the molecule is O=C(NNC(=O)C(F)(F)F)c1ccc(CN(C(=O)N2CCC3(CC2)CN(C(=O)O)C3)c2ccccc2)cc1. The average molecular weight is 534 g/mol. The summed E-state index contributed by atoms with van der Waals surface area (Å²) in [7, 11) is 0. The predicted molar refractivity (Wildman–Crippen MR) is 129 cm³/mol. The van der Waals surface area contributed by atoms with Crippen LogP contribution < -0.4 is 15.8 Å². The van der Waals surface area contributed by atoms with E-state index in [1.54, 1.807) is 51.6 Å². The van der Waals surface area contributed by atoms with Crippen LogP contribution in [0.3, 0.4) is 0 Å². The lowest BCUT2D eigenvalue weighted by Gasteiger charge is -2.53. The summed E-state index contributed by atoms with van der Waals surface area (Å²) >= 11 is 0. The number of piperidine rings is 1. The molecule has 0 radical (unpaired) electrons. The second-order valence-corrected chi connectivity index (χ2v) is 9.43. The Balaban J connectivity index is 1.40. The molecule has 0 atom stereocenters. The summed E-state index contributed by atoms with van der Waals surface area (Å²) in [6.07, 6.45) is -4.64. The average Bonchev–Trinajstić information content (AvgIpc) is 2.88. The van der Waals surface area contributed by atoms with Crippen molar-refractivity contribution in [3.8, 4) is 0 Å². The number of halogens is 3. The molecular formula is C25H26F3N5O5. The Labute approximate surface area is 216 Å². The van der Waals surface area contributed by atoms with Gasteiger partial charge >= 0.3 is 24.2 Å². The van der Waals surface area contributed by atoms with E-state index in [1.165, 1.54) is 22.5 Å². The molecule has 13 heteroatoms. The fourth-order valence-corrected chi connectivity index (χ4v) is 4.64. The van der Waals surface area contributed by atoms with Crippen molar-refractivity contribution >= 4 is 29.6 Å². The molecule has 4 rings (SSSR count). The summed E-state index contributed by atoms with van der Waals surface area (Å²) in [5.41, 5.74) is 4.29. The number of amides is 5. The Morgan fingerprint density at radius 3 is 2.05 bits per heavy atom. The number of carbonyl (C=O) groups is 4. The number of hydrogen-bond acceptors (Lipinski definition) is 4. The first-order valence-electron chi connectivity index (χ1n) is 11.8. The minimum absolute atomic E-state index is 0.0195. The van der Waals surface area contributed by atoms with E-state index >= 15 is 0 Å². The Kier molecular flexibility index (Phi) is 7.46. The fraction of sp³-hybridized carbons (Fsp3) is 0.360. The minimum Gasteiger partial charge on any atom is -0.465 e. The van der Waals surface area contributed by atoms with Crippen molar-refractivity contribution in [2.24, 2.45) is 5.41 Å². The highest BCUT2D eigenvalue weighted by atomic mass is 19.4. The van der Waals surface area contributed by atoms with Crippen molar-refractivity contribution in [2.75, 3.05) is 31.1 Å². The number of para-hydroxylation sites is 1. The molecule has 0 unspecified atom stereocenters. The number of nitrogens with one attached hydrogen (secondary N) is 2. The molecule has 2 aliphatic rings. The third kappa shape index (κ3) is 5.98. The number of carbonyl (C=O) groups excluding carboxylic acids is 3. The van der Waals surface area contributed by atoms with E-state index in [2.05, 4.69) is 0 Å². The van der Waals surface area contributed by atoms with Crippen LogP contribution in [0.25, 0.3) is 0 Å². The topological polar surface area (TPSA) is 122 Å². The van der Waals surface area contributed by atoms with Gasteiger partial charge in [0.05, 0.1) is 6.54 Å². The van der Waals surface area contributed by atoms with Crippen molar-refractivity contribution < 1.29 is 37.5 Å². The van der Waals surface area contributed by atoms with E-state index in [4.69, 9.17) is 5.11 Å². The van der Waals surface area contributed by atoms with Crippen molar-refractivity contribution in [3.05, 3.63) is 65.7 Å². The molecule has 10 nitrogen and oxygen atoms in total. The van der Waals surface area contributed by atoms with Gasteiger partial charge in [-0.05, 0) is 42.7 Å². The molecule has 5 amide bonds. The first-order valence-corrected chi connectivity index (χ1v) is 11.8. The summed E-state index contributed by atoms with van der Waals surface area (Å²) in [4.78, 5) is 52.4. The molecule has 2 saturated heterocycles. The number of rotatable bonds is 4. The van der Waals surface area contributed by atoms with Gasteiger partial charge in [-0.15, -0.1) is 0 Å². The van der Waals surface area contributed by atoms with Crippen LogP contribution in [0.5, 0.6) is 0 Å². The number of alkyl halides is 3. The standard InChI is InChI=1S/C25H26F3N5O5/c26-25(27,28)21(35)30-29-20(34)18-8-6-17(7-9-18)14-33(19-4-2-1-3-5-19)22(36)31-12-10-24(11-13-31)15-32(16-24)23(37)38/h1-9H,10-16H2,(H,29,34)(H,30,35)(H,37,38). The van der Waals surface area contributed by atoms with E-state index in [0.29, 0.717) is 50.3 Å². The number of anilines is 1. The quantitative estimate of drug-likeness (QED) is 0.521. The van der Waals surface area contributed by atoms with Crippen LogP contribution in [0.2, 0.25) is 0 Å². The molecule has 2 heterocycles. The van der Waals surface area contributed by atoms with Crippen LogP contribution in [0, 0.1) is 5.41 Å². The van der Waals surface area contributed by atoms with Gasteiger partial charge in [0.15, 0.2) is 0 Å². The molecule has 0 aromatic heterocycles. The highest BCUT2D eigenvalue weighted by Gasteiger charge is 2.47. The third-order valence-corrected chi connectivity index (χ3v) is 6.82. The Morgan fingerprint density at radius 2 is 1.50 bits per heavy atom. The van der Waals surface area contributed by atoms with Gasteiger partial charge in [0, 0.05) is 42.8 Å². The largest absolute Gasteiger partial charge is 0.472 e. The zero-order chi connectivity index (χ0) is 27.5. The highest BCUT2D eigenvalue weighted by Crippen LogP contribution is 2.40. The van der Waals surface area contributed by atoms with E-state index in [9.17, 15) is 32.3 Å². The number of benzene rings is 2. The maximum atomic E-state index is 13.5. The van der Waals surface area contributed by atoms with Gasteiger partial charge in [0.25, 0.3) is 5.91 Å². The number of urea groups is 1. The zero-order valence-corrected chi connectivity index (χ0v) is 20.2. The van der Waals surface area contributed by atoms with Crippen molar-refractivity contribution in [2.45, 2.75) is 25.6 Å². The Morgan fingerprint density at radius 1 is 0.895 bits per heavy atom. The lowest BCUT2D eigenvalue weighted by atomic mass is 9.72. The van der Waals surface area contributed by atoms with Gasteiger partial charge in [0.1, 0.15) is 0 Å². The van der Waals surface area contributed by atoms with Crippen LogP contribution in [0.15, 0.2) is 54.6 Å². The van der Waals surface area contributed by atoms with Crippen molar-refractivity contribution in [3.63, 3.8) is 0 Å². The first-order chi connectivity index (χ1) is 18.0. The monoisotopic (exact) mass is 533 g/mol. The summed E-state index contributed by atoms with van der Waals surface area (Å²) in [5.74, 6) is -3.22. The number of hydrazine groups is 1. The summed E-state index contributed by atoms with van der Waals surface area (Å²) in [6, 6.07) is 14.7. The Bertz CT molecular complexity index is 1190. The van der Waals surface area contributed by atoms with Gasteiger partial charge in [-0.3, -0.25) is 25.3 Å². The van der Waals surface area contributed by atoms with E-state index in [0.717, 1.165) is 0 Å². The highest BCUT2D eigenvalue weighted by molar-refractivity contribution is 5.96. The second-order valence-electron chi connectivity index (χ2n) is 9.43. The third-order valence-electron chi connectivity index (χ3n) is 6.82. The lowest BCUT2D eigenvalue weighted by molar-refractivity contribution is -0.174. The van der Waals surface area contributed by atoms with E-state index < -0.39 is 24.1 Å². The maximum Gasteiger partial charge on any atom is 0.472 e. The fourth-order valence-electron chi connectivity index (χ4n) is 4.64. The molecule has 0 bridgehead atoms. The minimum atomic E-state index is -5.13. The van der Waals surface area contributed by atoms with Crippen molar-refractivity contribution in [1.82, 2.24) is 20.7 Å². The van der Waals surface area contributed by atoms with Crippen LogP contribution in [0.4, 0.5) is 28.4 Å². The van der Waals surface area contributed by atoms with Crippen LogP contribution >= 0.6 is 0 Å². The predicted octanol–water partition coefficient (Wildman–Crippen LogP) is 3.21. The number of nitrogens with zero attached hydrogens (tertiary/aromatic N) is 3. The molecule has 2 aromatic rings. The number of likely N-dealkylation sites (tertiary alicyclic amines) is 2. The van der Waals surface area contributed by atoms with Crippen LogP contribution in [-0.4, -0.2) is 71.2 Å². The van der Waals surface area contributed by atoms with Gasteiger partial charge in [0.2, 0.25) is 0 Å². The number of carboxylic acid groups (broad SMARTS) is 1. The summed E-state index contributed by atoms with van der Waals surface area (Å²) < 4.78 is 36.9. The number of hydrogen-bond donors (Lipinski definition) is 3. The van der Waals surface area contributed by atoms with Gasteiger partial charge in [-0.25, -0.2) is 9.59 Å². The molecule has 38 heavy (non-hydrogen) atoms. The van der Waals surface area contributed by atoms with Crippen LogP contribution in [0.1, 0.15) is 28.8 Å². The molecule has 2 aliphatic heterocycles. The van der Waals surface area contributed by atoms with Gasteiger partial charge in [-0.1, -0.05) is 30.3 Å². The maximum absolute atomic E-state index is 13.5. The molecule has 202 valence electrons. The molecular weight excluding hydrogens is 507 g/mol. The lowest BCUT2D eigenvalue weighted by Crippen LogP contribution is -2.62. The van der Waals surface area contributed by atoms with Gasteiger partial charge in [-0.2, -0.15) is 13.2 Å². The molecule has 3 N–H and O–H groups in total. The molecule has 2 aromatic carbocycles. The normalized spacial score (nSPS) is 16.4. The zero-order valence-electron chi connectivity index (χ0n) is 20.2. The summed E-state index contributed by atoms with van der Waals surface area (Å²) in [6.45, 7) is 2.12. The molecule has 0 aliphatic carbocycles.